The van der Waals surface area contributed by atoms with E-state index in [1.165, 1.54) is 6.26 Å². The summed E-state index contributed by atoms with van der Waals surface area (Å²) in [5, 5.41) is 26.9. The summed E-state index contributed by atoms with van der Waals surface area (Å²) < 4.78 is 11.0. The maximum atomic E-state index is 11.0. The van der Waals surface area contributed by atoms with E-state index in [9.17, 15) is 14.4 Å². The van der Waals surface area contributed by atoms with Crippen LogP contribution in [0.5, 0.6) is 0 Å². The summed E-state index contributed by atoms with van der Waals surface area (Å²) in [6.45, 7) is 0. The van der Waals surface area contributed by atoms with Crippen molar-refractivity contribution < 1.29 is 19.5 Å². The number of hydrogen-bond acceptors (Lipinski definition) is 5. The third kappa shape index (κ3) is 1.40. The molecule has 0 saturated heterocycles. The van der Waals surface area contributed by atoms with Gasteiger partial charge in [0.2, 0.25) is 0 Å². The van der Waals surface area contributed by atoms with Gasteiger partial charge in [0, 0.05) is 17.1 Å². The lowest BCUT2D eigenvalue weighted by atomic mass is 10.2. The van der Waals surface area contributed by atoms with E-state index in [4.69, 9.17) is 10.8 Å². The van der Waals surface area contributed by atoms with Gasteiger partial charge in [-0.15, -0.1) is 0 Å². The molecule has 0 aliphatic heterocycles. The summed E-state index contributed by atoms with van der Waals surface area (Å²) in [5.41, 5.74) is 5.44. The number of rotatable bonds is 1. The molecule has 6 heteroatoms. The third-order valence-electron chi connectivity index (χ3n) is 2.19. The second kappa shape index (κ2) is 3.39. The van der Waals surface area contributed by atoms with Crippen LogP contribution in [0.3, 0.4) is 0 Å². The van der Waals surface area contributed by atoms with Crippen molar-refractivity contribution in [2.24, 2.45) is 5.73 Å². The molecule has 0 spiro atoms. The van der Waals surface area contributed by atoms with Gasteiger partial charge in [0.15, 0.2) is 0 Å². The fourth-order valence-corrected chi connectivity index (χ4v) is 2.62. The van der Waals surface area contributed by atoms with Crippen LogP contribution in [-0.4, -0.2) is 55.4 Å². The Bertz CT molecular complexity index is 186. The standard InChI is InChI=1S/C6H13NO4S/c1-12(11)6-2(7)3(8)4(9)5(6)10/h2-6,8-10H,7H2,1H3/t2-,3+,4+,5+,6+,12-/m0/s1. The van der Waals surface area contributed by atoms with Gasteiger partial charge in [-0.1, -0.05) is 0 Å². The number of aliphatic hydroxyl groups is 3. The van der Waals surface area contributed by atoms with Crippen LogP contribution in [-0.2, 0) is 10.8 Å². The van der Waals surface area contributed by atoms with Crippen LogP contribution in [0, 0.1) is 0 Å². The molecule has 6 atom stereocenters. The fourth-order valence-electron chi connectivity index (χ4n) is 1.46. The van der Waals surface area contributed by atoms with Gasteiger partial charge in [-0.25, -0.2) is 0 Å². The van der Waals surface area contributed by atoms with E-state index in [1.807, 2.05) is 0 Å². The quantitative estimate of drug-likeness (QED) is 0.361. The van der Waals surface area contributed by atoms with Crippen LogP contribution in [0.25, 0.3) is 0 Å². The molecule has 0 aromatic heterocycles. The number of nitrogens with two attached hydrogens (primary N) is 1. The first-order chi connectivity index (χ1) is 5.46. The van der Waals surface area contributed by atoms with E-state index in [-0.39, 0.29) is 0 Å². The normalized spacial score (nSPS) is 50.9. The molecule has 0 radical (unpaired) electrons. The first-order valence-electron chi connectivity index (χ1n) is 3.59. The second-order valence-corrected chi connectivity index (χ2v) is 4.55. The maximum Gasteiger partial charge on any atom is 0.108 e. The Balaban J connectivity index is 2.83. The van der Waals surface area contributed by atoms with Gasteiger partial charge in [-0.3, -0.25) is 4.21 Å². The molecule has 5 N–H and O–H groups in total. The van der Waals surface area contributed by atoms with Crippen molar-refractivity contribution in [1.82, 2.24) is 0 Å². The van der Waals surface area contributed by atoms with Gasteiger partial charge >= 0.3 is 0 Å². The van der Waals surface area contributed by atoms with Crippen molar-refractivity contribution in [3.05, 3.63) is 0 Å². The van der Waals surface area contributed by atoms with Crippen molar-refractivity contribution in [1.29, 1.82) is 0 Å². The molecule has 1 saturated carbocycles. The third-order valence-corrected chi connectivity index (χ3v) is 3.55. The number of aliphatic hydroxyl groups excluding tert-OH is 3. The minimum Gasteiger partial charge on any atom is -0.389 e. The predicted octanol–water partition coefficient (Wildman–Crippen LogP) is -2.84. The monoisotopic (exact) mass is 195 g/mol. The topological polar surface area (TPSA) is 104 Å². The largest absolute Gasteiger partial charge is 0.389 e. The van der Waals surface area contributed by atoms with E-state index in [0.29, 0.717) is 0 Å². The molecule has 0 unspecified atom stereocenters. The molecular weight excluding hydrogens is 182 g/mol. The lowest BCUT2D eigenvalue weighted by Gasteiger charge is -2.15. The minimum absolute atomic E-state index is 0.741. The molecule has 0 heterocycles. The first-order valence-corrected chi connectivity index (χ1v) is 5.21. The molecule has 5 nitrogen and oxygen atoms in total. The highest BCUT2D eigenvalue weighted by Crippen LogP contribution is 2.23. The van der Waals surface area contributed by atoms with Crippen molar-refractivity contribution >= 4 is 10.8 Å². The highest BCUT2D eigenvalue weighted by Gasteiger charge is 2.48. The SMILES string of the molecule is C[S@](=O)[C@@H]1[C@@H](N)[C@@H](O)[C@@H](O)[C@H]1O. The Morgan fingerprint density at radius 3 is 1.83 bits per heavy atom. The predicted molar refractivity (Wildman–Crippen MR) is 43.9 cm³/mol. The molecule has 0 bridgehead atoms. The lowest BCUT2D eigenvalue weighted by Crippen LogP contribution is -2.42. The smallest absolute Gasteiger partial charge is 0.108 e. The van der Waals surface area contributed by atoms with E-state index < -0.39 is 40.4 Å². The molecule has 0 amide bonds. The Hall–Kier alpha value is -0.0100. The Labute approximate surface area is 72.7 Å². The van der Waals surface area contributed by atoms with Gasteiger partial charge in [0.05, 0.1) is 23.5 Å². The van der Waals surface area contributed by atoms with Crippen LogP contribution >= 0.6 is 0 Å². The van der Waals surface area contributed by atoms with Crippen LogP contribution in [0.2, 0.25) is 0 Å². The zero-order chi connectivity index (χ0) is 9.46. The van der Waals surface area contributed by atoms with Crippen LogP contribution in [0.4, 0.5) is 0 Å². The van der Waals surface area contributed by atoms with Gasteiger partial charge in [0.1, 0.15) is 6.10 Å². The van der Waals surface area contributed by atoms with Crippen molar-refractivity contribution in [2.75, 3.05) is 6.26 Å². The molecule has 12 heavy (non-hydrogen) atoms. The van der Waals surface area contributed by atoms with Crippen molar-refractivity contribution in [3.63, 3.8) is 0 Å². The summed E-state index contributed by atoms with van der Waals surface area (Å²) >= 11 is 0. The first kappa shape index (κ1) is 10.1. The van der Waals surface area contributed by atoms with Crippen LogP contribution < -0.4 is 5.73 Å². The average molecular weight is 195 g/mol. The molecule has 1 fully saturated rings. The summed E-state index contributed by atoms with van der Waals surface area (Å²) in [7, 11) is -1.34. The highest BCUT2D eigenvalue weighted by molar-refractivity contribution is 7.85. The average Bonchev–Trinajstić information content (AvgIpc) is 2.16. The zero-order valence-corrected chi connectivity index (χ0v) is 7.44. The highest BCUT2D eigenvalue weighted by atomic mass is 32.2. The van der Waals surface area contributed by atoms with Gasteiger partial charge < -0.3 is 21.1 Å². The Morgan fingerprint density at radius 1 is 1.17 bits per heavy atom. The van der Waals surface area contributed by atoms with Crippen molar-refractivity contribution in [2.45, 2.75) is 29.6 Å². The number of hydrogen-bond donors (Lipinski definition) is 4. The van der Waals surface area contributed by atoms with Crippen LogP contribution in [0.1, 0.15) is 0 Å². The van der Waals surface area contributed by atoms with Gasteiger partial charge in [-0.2, -0.15) is 0 Å². The van der Waals surface area contributed by atoms with Crippen LogP contribution in [0.15, 0.2) is 0 Å². The van der Waals surface area contributed by atoms with Crippen molar-refractivity contribution in [3.8, 4) is 0 Å². The van der Waals surface area contributed by atoms with E-state index in [0.717, 1.165) is 0 Å². The maximum absolute atomic E-state index is 11.0. The Morgan fingerprint density at radius 2 is 1.67 bits per heavy atom. The van der Waals surface area contributed by atoms with E-state index >= 15 is 0 Å². The molecule has 1 aliphatic carbocycles. The van der Waals surface area contributed by atoms with E-state index in [1.54, 1.807) is 0 Å². The van der Waals surface area contributed by atoms with Gasteiger partial charge in [0.25, 0.3) is 0 Å². The molecule has 0 aromatic carbocycles. The summed E-state index contributed by atoms with van der Waals surface area (Å²) in [6.07, 6.45) is -2.28. The molecule has 0 aromatic rings. The summed E-state index contributed by atoms with van der Waals surface area (Å²) in [6, 6.07) is -0.819. The van der Waals surface area contributed by atoms with Gasteiger partial charge in [-0.05, 0) is 0 Å². The fraction of sp³-hybridized carbons (Fsp3) is 1.00. The zero-order valence-electron chi connectivity index (χ0n) is 6.62. The summed E-state index contributed by atoms with van der Waals surface area (Å²) in [5.74, 6) is 0. The summed E-state index contributed by atoms with van der Waals surface area (Å²) in [4.78, 5) is 0. The molecule has 1 rings (SSSR count). The Kier molecular flexibility index (Phi) is 2.84. The second-order valence-electron chi connectivity index (χ2n) is 3.01. The lowest BCUT2D eigenvalue weighted by molar-refractivity contribution is -0.0200. The minimum atomic E-state index is -1.34. The molecular formula is C6H13NO4S. The molecule has 1 aliphatic rings. The van der Waals surface area contributed by atoms with E-state index in [2.05, 4.69) is 0 Å². The molecule has 72 valence electrons.